The van der Waals surface area contributed by atoms with Crippen molar-refractivity contribution >= 4 is 18.5 Å². The Labute approximate surface area is 108 Å². The van der Waals surface area contributed by atoms with E-state index in [4.69, 9.17) is 0 Å². The van der Waals surface area contributed by atoms with Gasteiger partial charge in [0.25, 0.3) is 0 Å². The third kappa shape index (κ3) is 4.72. The van der Waals surface area contributed by atoms with Crippen LogP contribution in [0.1, 0.15) is 11.1 Å². The second-order valence-electron chi connectivity index (χ2n) is 3.32. The van der Waals surface area contributed by atoms with E-state index in [9.17, 15) is 18.0 Å². The van der Waals surface area contributed by atoms with Crippen LogP contribution in [0.25, 0.3) is 0 Å². The van der Waals surface area contributed by atoms with Crippen LogP contribution in [-0.4, -0.2) is 18.2 Å². The van der Waals surface area contributed by atoms with E-state index in [0.29, 0.717) is 0 Å². The highest BCUT2D eigenvalue weighted by Crippen LogP contribution is 2.29. The summed E-state index contributed by atoms with van der Waals surface area (Å²) in [7, 11) is 0. The maximum absolute atomic E-state index is 12.4. The predicted molar refractivity (Wildman–Crippen MR) is 65.2 cm³/mol. The highest BCUT2D eigenvalue weighted by Gasteiger charge is 2.30. The molecule has 0 fully saturated rings. The molecule has 18 heavy (non-hydrogen) atoms. The van der Waals surface area contributed by atoms with Gasteiger partial charge in [0.05, 0.1) is 17.9 Å². The molecular weight excluding hydrogens is 263 g/mol. The first-order valence-corrected chi connectivity index (χ1v) is 5.60. The molecule has 0 saturated heterocycles. The molecule has 0 unspecified atom stereocenters. The summed E-state index contributed by atoms with van der Waals surface area (Å²) >= 11 is 3.75. The molecular formula is C12H10F3NOS. The Bertz CT molecular complexity index is 488. The number of alkyl halides is 3. The van der Waals surface area contributed by atoms with E-state index < -0.39 is 11.7 Å². The van der Waals surface area contributed by atoms with Gasteiger partial charge in [-0.1, -0.05) is 17.9 Å². The standard InChI is InChI=1S/C12H10F3NOS/c13-12(14,15)10-5-1-3-9(7-10)4-2-6-16-11(17)8-18/h1,3,5,7,18H,6,8H2,(H,16,17). The smallest absolute Gasteiger partial charge is 0.344 e. The molecule has 1 aromatic rings. The van der Waals surface area contributed by atoms with Crippen molar-refractivity contribution in [2.75, 3.05) is 12.3 Å². The summed E-state index contributed by atoms with van der Waals surface area (Å²) in [5.74, 6) is 4.88. The Balaban J connectivity index is 2.69. The van der Waals surface area contributed by atoms with Crippen molar-refractivity contribution < 1.29 is 18.0 Å². The lowest BCUT2D eigenvalue weighted by atomic mass is 10.1. The number of halogens is 3. The van der Waals surface area contributed by atoms with E-state index in [1.165, 1.54) is 12.1 Å². The fourth-order valence-electron chi connectivity index (χ4n) is 1.12. The average Bonchev–Trinajstić information content (AvgIpc) is 2.33. The molecule has 1 rings (SSSR count). The van der Waals surface area contributed by atoms with E-state index in [1.54, 1.807) is 0 Å². The number of thiol groups is 1. The van der Waals surface area contributed by atoms with Crippen molar-refractivity contribution in [1.29, 1.82) is 0 Å². The number of benzene rings is 1. The molecule has 0 atom stereocenters. The Morgan fingerprint density at radius 1 is 1.39 bits per heavy atom. The van der Waals surface area contributed by atoms with E-state index in [0.717, 1.165) is 12.1 Å². The molecule has 0 aliphatic heterocycles. The Hall–Kier alpha value is -1.61. The molecule has 1 N–H and O–H groups in total. The lowest BCUT2D eigenvalue weighted by Gasteiger charge is -2.05. The number of hydrogen-bond acceptors (Lipinski definition) is 2. The summed E-state index contributed by atoms with van der Waals surface area (Å²) in [6.45, 7) is 0.0790. The van der Waals surface area contributed by atoms with Crippen LogP contribution >= 0.6 is 12.6 Å². The molecule has 0 spiro atoms. The topological polar surface area (TPSA) is 29.1 Å². The molecule has 0 saturated carbocycles. The van der Waals surface area contributed by atoms with Gasteiger partial charge in [-0.25, -0.2) is 0 Å². The van der Waals surface area contributed by atoms with Gasteiger partial charge in [-0.3, -0.25) is 4.79 Å². The first-order valence-electron chi connectivity index (χ1n) is 4.97. The monoisotopic (exact) mass is 273 g/mol. The molecule has 0 heterocycles. The zero-order chi connectivity index (χ0) is 13.6. The molecule has 0 aliphatic rings. The quantitative estimate of drug-likeness (QED) is 0.627. The largest absolute Gasteiger partial charge is 0.416 e. The van der Waals surface area contributed by atoms with Gasteiger partial charge in [0.2, 0.25) is 5.91 Å². The fourth-order valence-corrected chi connectivity index (χ4v) is 1.23. The van der Waals surface area contributed by atoms with Gasteiger partial charge in [0, 0.05) is 5.56 Å². The highest BCUT2D eigenvalue weighted by molar-refractivity contribution is 7.81. The van der Waals surface area contributed by atoms with Crippen molar-refractivity contribution in [3.8, 4) is 11.8 Å². The van der Waals surface area contributed by atoms with Crippen LogP contribution in [-0.2, 0) is 11.0 Å². The van der Waals surface area contributed by atoms with Crippen molar-refractivity contribution in [2.45, 2.75) is 6.18 Å². The molecule has 96 valence electrons. The number of carbonyl (C=O) groups is 1. The first-order chi connectivity index (χ1) is 8.43. The maximum Gasteiger partial charge on any atom is 0.416 e. The van der Waals surface area contributed by atoms with Crippen LogP contribution in [0.15, 0.2) is 24.3 Å². The minimum Gasteiger partial charge on any atom is -0.344 e. The summed E-state index contributed by atoms with van der Waals surface area (Å²) in [4.78, 5) is 10.8. The van der Waals surface area contributed by atoms with Crippen LogP contribution in [0.3, 0.4) is 0 Å². The van der Waals surface area contributed by atoms with E-state index in [1.807, 2.05) is 0 Å². The normalized spacial score (nSPS) is 10.4. The zero-order valence-electron chi connectivity index (χ0n) is 9.21. The Morgan fingerprint density at radius 3 is 2.72 bits per heavy atom. The van der Waals surface area contributed by atoms with Gasteiger partial charge in [-0.05, 0) is 18.2 Å². The summed E-state index contributed by atoms with van der Waals surface area (Å²) in [6.07, 6.45) is -4.38. The van der Waals surface area contributed by atoms with Crippen molar-refractivity contribution in [2.24, 2.45) is 0 Å². The van der Waals surface area contributed by atoms with Crippen LogP contribution < -0.4 is 5.32 Å². The number of rotatable bonds is 2. The number of nitrogens with one attached hydrogen (secondary N) is 1. The number of amides is 1. The molecule has 1 amide bonds. The molecule has 0 aromatic heterocycles. The van der Waals surface area contributed by atoms with E-state index in [2.05, 4.69) is 29.8 Å². The number of hydrogen-bond donors (Lipinski definition) is 2. The summed E-state index contributed by atoms with van der Waals surface area (Å²) in [5.41, 5.74) is -0.487. The second-order valence-corrected chi connectivity index (χ2v) is 3.63. The van der Waals surface area contributed by atoms with Crippen LogP contribution in [0.2, 0.25) is 0 Å². The SMILES string of the molecule is O=C(CS)NCC#Cc1cccc(C(F)(F)F)c1. The van der Waals surface area contributed by atoms with Crippen molar-refractivity contribution in [3.63, 3.8) is 0 Å². The van der Waals surface area contributed by atoms with Gasteiger partial charge in [-0.15, -0.1) is 0 Å². The maximum atomic E-state index is 12.4. The lowest BCUT2D eigenvalue weighted by Crippen LogP contribution is -2.24. The van der Waals surface area contributed by atoms with Crippen LogP contribution in [0.5, 0.6) is 0 Å². The molecule has 0 bridgehead atoms. The predicted octanol–water partition coefficient (Wildman–Crippen LogP) is 2.10. The van der Waals surface area contributed by atoms with E-state index in [-0.39, 0.29) is 23.8 Å². The van der Waals surface area contributed by atoms with Crippen LogP contribution in [0, 0.1) is 11.8 Å². The third-order valence-electron chi connectivity index (χ3n) is 1.94. The summed E-state index contributed by atoms with van der Waals surface area (Å²) in [6, 6.07) is 4.71. The summed E-state index contributed by atoms with van der Waals surface area (Å²) < 4.78 is 37.2. The summed E-state index contributed by atoms with van der Waals surface area (Å²) in [5, 5.41) is 2.44. The lowest BCUT2D eigenvalue weighted by molar-refractivity contribution is -0.137. The molecule has 6 heteroatoms. The van der Waals surface area contributed by atoms with Gasteiger partial charge >= 0.3 is 6.18 Å². The minimum absolute atomic E-state index is 0.0469. The molecule has 0 radical (unpaired) electrons. The first kappa shape index (κ1) is 14.5. The van der Waals surface area contributed by atoms with Crippen LogP contribution in [0.4, 0.5) is 13.2 Å². The third-order valence-corrected chi connectivity index (χ3v) is 2.23. The molecule has 1 aromatic carbocycles. The molecule has 2 nitrogen and oxygen atoms in total. The Kier molecular flexibility index (Phi) is 5.10. The van der Waals surface area contributed by atoms with E-state index >= 15 is 0 Å². The van der Waals surface area contributed by atoms with Gasteiger partial charge < -0.3 is 5.32 Å². The molecule has 0 aliphatic carbocycles. The van der Waals surface area contributed by atoms with Gasteiger partial charge in [-0.2, -0.15) is 25.8 Å². The number of carbonyl (C=O) groups excluding carboxylic acids is 1. The van der Waals surface area contributed by atoms with Gasteiger partial charge in [0.15, 0.2) is 0 Å². The highest BCUT2D eigenvalue weighted by atomic mass is 32.1. The van der Waals surface area contributed by atoms with Crippen molar-refractivity contribution in [1.82, 2.24) is 5.32 Å². The fraction of sp³-hybridized carbons (Fsp3) is 0.250. The average molecular weight is 273 g/mol. The zero-order valence-corrected chi connectivity index (χ0v) is 10.1. The Morgan fingerprint density at radius 2 is 2.11 bits per heavy atom. The second kappa shape index (κ2) is 6.36. The van der Waals surface area contributed by atoms with Gasteiger partial charge in [0.1, 0.15) is 0 Å². The minimum atomic E-state index is -4.38. The van der Waals surface area contributed by atoms with Crippen molar-refractivity contribution in [3.05, 3.63) is 35.4 Å².